The number of hydrogen-bond acceptors (Lipinski definition) is 3. The number of aryl methyl sites for hydroxylation is 1. The van der Waals surface area contributed by atoms with E-state index in [0.717, 1.165) is 43.0 Å². The molecule has 1 saturated heterocycles. The molecule has 1 aromatic heterocycles. The molecule has 3 nitrogen and oxygen atoms in total. The highest BCUT2D eigenvalue weighted by Crippen LogP contribution is 2.38. The molecule has 0 amide bonds. The molecular weight excluding hydrogens is 260 g/mol. The van der Waals surface area contributed by atoms with Gasteiger partial charge in [-0.05, 0) is 42.4 Å². The molecule has 0 saturated carbocycles. The monoisotopic (exact) mass is 290 g/mol. The topological polar surface area (TPSA) is 36.4 Å². The van der Waals surface area contributed by atoms with Crippen LogP contribution in [0.5, 0.6) is 0 Å². The van der Waals surface area contributed by atoms with Crippen molar-refractivity contribution < 1.29 is 5.11 Å². The zero-order valence-electron chi connectivity index (χ0n) is 13.9. The number of aliphatic hydroxyl groups excluding tert-OH is 1. The Balaban J connectivity index is 2.14. The lowest BCUT2D eigenvalue weighted by Crippen LogP contribution is -2.40. The van der Waals surface area contributed by atoms with Crippen molar-refractivity contribution in [3.05, 3.63) is 23.4 Å². The number of aromatic nitrogens is 1. The Morgan fingerprint density at radius 1 is 1.14 bits per heavy atom. The number of aliphatic hydroxyl groups is 1. The first-order valence-corrected chi connectivity index (χ1v) is 8.52. The lowest BCUT2D eigenvalue weighted by atomic mass is 9.74. The van der Waals surface area contributed by atoms with Crippen LogP contribution >= 0.6 is 0 Å². The van der Waals surface area contributed by atoms with E-state index in [9.17, 15) is 5.11 Å². The van der Waals surface area contributed by atoms with Gasteiger partial charge in [0.05, 0.1) is 6.61 Å². The second-order valence-electron chi connectivity index (χ2n) is 6.43. The van der Waals surface area contributed by atoms with E-state index in [1.165, 1.54) is 25.7 Å². The Labute approximate surface area is 129 Å². The van der Waals surface area contributed by atoms with Gasteiger partial charge in [0.2, 0.25) is 0 Å². The molecule has 2 rings (SSSR count). The summed E-state index contributed by atoms with van der Waals surface area (Å²) in [5, 5.41) is 9.47. The van der Waals surface area contributed by atoms with Gasteiger partial charge in [-0.1, -0.05) is 40.0 Å². The fraction of sp³-hybridized carbons (Fsp3) is 0.722. The Morgan fingerprint density at radius 3 is 2.33 bits per heavy atom. The first-order chi connectivity index (χ1) is 10.2. The molecule has 21 heavy (non-hydrogen) atoms. The Hall–Kier alpha value is -1.09. The molecule has 0 atom stereocenters. The van der Waals surface area contributed by atoms with Crippen molar-refractivity contribution in [3.8, 4) is 0 Å². The van der Waals surface area contributed by atoms with Crippen molar-refractivity contribution in [2.24, 2.45) is 5.41 Å². The maximum Gasteiger partial charge on any atom is 0.129 e. The van der Waals surface area contributed by atoms with Crippen LogP contribution in [0.15, 0.2) is 12.1 Å². The summed E-state index contributed by atoms with van der Waals surface area (Å²) >= 11 is 0. The molecule has 0 radical (unpaired) electrons. The van der Waals surface area contributed by atoms with Gasteiger partial charge in [0.1, 0.15) is 5.82 Å². The van der Waals surface area contributed by atoms with Crippen LogP contribution in [0.3, 0.4) is 0 Å². The first kappa shape index (κ1) is 16.3. The Bertz CT molecular complexity index is 445. The van der Waals surface area contributed by atoms with Gasteiger partial charge in [0.15, 0.2) is 0 Å². The van der Waals surface area contributed by atoms with Gasteiger partial charge in [-0.3, -0.25) is 0 Å². The minimum atomic E-state index is 0.105. The normalized spacial score (nSPS) is 18.0. The van der Waals surface area contributed by atoms with Gasteiger partial charge < -0.3 is 10.0 Å². The van der Waals surface area contributed by atoms with Crippen molar-refractivity contribution >= 4 is 5.82 Å². The minimum absolute atomic E-state index is 0.105. The average molecular weight is 290 g/mol. The first-order valence-electron chi connectivity index (χ1n) is 8.52. The summed E-state index contributed by atoms with van der Waals surface area (Å²) in [4.78, 5) is 7.21. The van der Waals surface area contributed by atoms with Crippen LogP contribution in [0.4, 0.5) is 5.82 Å². The minimum Gasteiger partial charge on any atom is -0.392 e. The van der Waals surface area contributed by atoms with Crippen LogP contribution in [0.1, 0.15) is 64.1 Å². The molecule has 118 valence electrons. The Morgan fingerprint density at radius 2 is 1.81 bits per heavy atom. The standard InChI is InChI=1S/C18H30N2O/c1-4-7-16-12-15(14-21)13-17(19-16)20-10-8-18(5-2,6-3)9-11-20/h12-13,21H,4-11,14H2,1-3H3. The molecule has 1 aromatic rings. The third kappa shape index (κ3) is 3.76. The second-order valence-corrected chi connectivity index (χ2v) is 6.43. The highest BCUT2D eigenvalue weighted by molar-refractivity contribution is 5.43. The van der Waals surface area contributed by atoms with Crippen molar-refractivity contribution in [2.45, 2.75) is 65.9 Å². The van der Waals surface area contributed by atoms with Gasteiger partial charge in [-0.15, -0.1) is 0 Å². The lowest BCUT2D eigenvalue weighted by molar-refractivity contribution is 0.199. The zero-order chi connectivity index (χ0) is 15.3. The molecule has 1 aliphatic rings. The van der Waals surface area contributed by atoms with Crippen molar-refractivity contribution in [1.82, 2.24) is 4.98 Å². The quantitative estimate of drug-likeness (QED) is 0.862. The third-order valence-electron chi connectivity index (χ3n) is 5.26. The predicted molar refractivity (Wildman–Crippen MR) is 88.6 cm³/mol. The van der Waals surface area contributed by atoms with Gasteiger partial charge in [-0.25, -0.2) is 4.98 Å². The maximum atomic E-state index is 9.47. The fourth-order valence-corrected chi connectivity index (χ4v) is 3.44. The largest absolute Gasteiger partial charge is 0.392 e. The summed E-state index contributed by atoms with van der Waals surface area (Å²) in [5.41, 5.74) is 2.64. The van der Waals surface area contributed by atoms with E-state index in [2.05, 4.69) is 31.7 Å². The molecule has 0 spiro atoms. The van der Waals surface area contributed by atoms with Crippen LogP contribution in [-0.4, -0.2) is 23.2 Å². The predicted octanol–water partition coefficient (Wildman–Crippen LogP) is 3.93. The van der Waals surface area contributed by atoms with E-state index in [1.807, 2.05) is 6.07 Å². The smallest absolute Gasteiger partial charge is 0.129 e. The summed E-state index contributed by atoms with van der Waals surface area (Å²) in [6, 6.07) is 4.10. The molecule has 1 fully saturated rings. The molecule has 0 aliphatic carbocycles. The van der Waals surface area contributed by atoms with Crippen LogP contribution in [-0.2, 0) is 13.0 Å². The van der Waals surface area contributed by atoms with Crippen molar-refractivity contribution in [3.63, 3.8) is 0 Å². The van der Waals surface area contributed by atoms with E-state index in [1.54, 1.807) is 0 Å². The Kier molecular flexibility index (Phi) is 5.63. The summed E-state index contributed by atoms with van der Waals surface area (Å²) in [6.07, 6.45) is 7.16. The number of anilines is 1. The summed E-state index contributed by atoms with van der Waals surface area (Å²) in [6.45, 7) is 9.11. The second kappa shape index (κ2) is 7.26. The van der Waals surface area contributed by atoms with E-state index < -0.39 is 0 Å². The van der Waals surface area contributed by atoms with Crippen LogP contribution < -0.4 is 4.90 Å². The van der Waals surface area contributed by atoms with Gasteiger partial charge in [0, 0.05) is 18.8 Å². The highest BCUT2D eigenvalue weighted by Gasteiger charge is 2.31. The number of piperidine rings is 1. The number of rotatable bonds is 6. The maximum absolute atomic E-state index is 9.47. The van der Waals surface area contributed by atoms with Crippen LogP contribution in [0.2, 0.25) is 0 Å². The van der Waals surface area contributed by atoms with Gasteiger partial charge in [-0.2, -0.15) is 0 Å². The summed E-state index contributed by atoms with van der Waals surface area (Å²) in [5.74, 6) is 1.06. The highest BCUT2D eigenvalue weighted by atomic mass is 16.3. The van der Waals surface area contributed by atoms with Crippen molar-refractivity contribution in [1.29, 1.82) is 0 Å². The average Bonchev–Trinajstić information content (AvgIpc) is 2.55. The molecule has 2 heterocycles. The third-order valence-corrected chi connectivity index (χ3v) is 5.26. The van der Waals surface area contributed by atoms with E-state index in [-0.39, 0.29) is 6.61 Å². The van der Waals surface area contributed by atoms with Crippen molar-refractivity contribution in [2.75, 3.05) is 18.0 Å². The summed E-state index contributed by atoms with van der Waals surface area (Å²) in [7, 11) is 0. The van der Waals surface area contributed by atoms with Gasteiger partial charge >= 0.3 is 0 Å². The fourth-order valence-electron chi connectivity index (χ4n) is 3.44. The molecule has 0 unspecified atom stereocenters. The zero-order valence-corrected chi connectivity index (χ0v) is 13.9. The number of pyridine rings is 1. The lowest BCUT2D eigenvalue weighted by Gasteiger charge is -2.41. The molecule has 1 N–H and O–H groups in total. The molecule has 0 bridgehead atoms. The number of nitrogens with zero attached hydrogens (tertiary/aromatic N) is 2. The molecular formula is C18H30N2O. The van der Waals surface area contributed by atoms with E-state index in [4.69, 9.17) is 4.98 Å². The van der Waals surface area contributed by atoms with E-state index >= 15 is 0 Å². The SMILES string of the molecule is CCCc1cc(CO)cc(N2CCC(CC)(CC)CC2)n1. The van der Waals surface area contributed by atoms with Crippen LogP contribution in [0, 0.1) is 5.41 Å². The molecule has 1 aliphatic heterocycles. The number of hydrogen-bond donors (Lipinski definition) is 1. The summed E-state index contributed by atoms with van der Waals surface area (Å²) < 4.78 is 0. The molecule has 3 heteroatoms. The molecule has 0 aromatic carbocycles. The van der Waals surface area contributed by atoms with Gasteiger partial charge in [0.25, 0.3) is 0 Å². The van der Waals surface area contributed by atoms with Crippen LogP contribution in [0.25, 0.3) is 0 Å². The van der Waals surface area contributed by atoms with E-state index in [0.29, 0.717) is 5.41 Å².